The standard InChI is InChI=1S/C13H13O6S.Tl/c1-9(15)18-6-11-2-10(5-17-8-14)3-12(4-11)7-19-13(16)20;/h2-4H,5-7H2,1H3,(H,16,20);. The van der Waals surface area contributed by atoms with Crippen LogP contribution in [0.5, 0.6) is 0 Å². The van der Waals surface area contributed by atoms with Gasteiger partial charge in [-0.05, 0) is 0 Å². The van der Waals surface area contributed by atoms with E-state index in [0.29, 0.717) is 5.56 Å². The summed E-state index contributed by atoms with van der Waals surface area (Å²) in [6.07, 6.45) is 0. The third-order valence-corrected chi connectivity index (χ3v) is 3.07. The van der Waals surface area contributed by atoms with Crippen molar-refractivity contribution in [3.63, 3.8) is 0 Å². The predicted octanol–water partition coefficient (Wildman–Crippen LogP) is 2.12. The molecule has 0 saturated carbocycles. The van der Waals surface area contributed by atoms with Gasteiger partial charge in [-0.15, -0.1) is 0 Å². The zero-order valence-electron chi connectivity index (χ0n) is 11.3. The van der Waals surface area contributed by atoms with Crippen LogP contribution in [0.15, 0.2) is 18.2 Å². The van der Waals surface area contributed by atoms with Crippen molar-refractivity contribution in [1.82, 2.24) is 0 Å². The number of hydrogen-bond acceptors (Lipinski definition) is 6. The SMILES string of the molecule is CC(=O)OCc1cc(COC(=O)S)cc(CO[C](=O)[Tl])c1. The van der Waals surface area contributed by atoms with E-state index in [2.05, 4.69) is 12.6 Å². The first-order valence-corrected chi connectivity index (χ1v) is 8.59. The van der Waals surface area contributed by atoms with Crippen LogP contribution in [0.1, 0.15) is 23.6 Å². The van der Waals surface area contributed by atoms with Gasteiger partial charge in [0, 0.05) is 0 Å². The molecule has 0 unspecified atom stereocenters. The fraction of sp³-hybridized carbons (Fsp3) is 0.308. The average Bonchev–Trinajstić information content (AvgIpc) is 2.40. The molecule has 0 spiro atoms. The van der Waals surface area contributed by atoms with E-state index in [-0.39, 0.29) is 49.1 Å². The van der Waals surface area contributed by atoms with E-state index in [1.165, 1.54) is 6.92 Å². The third-order valence-electron chi connectivity index (χ3n) is 2.30. The van der Waals surface area contributed by atoms with Crippen molar-refractivity contribution < 1.29 is 28.6 Å². The van der Waals surface area contributed by atoms with Gasteiger partial charge in [-0.1, -0.05) is 0 Å². The number of hydrogen-bond donors (Lipinski definition) is 1. The van der Waals surface area contributed by atoms with Gasteiger partial charge in [0.2, 0.25) is 0 Å². The second-order valence-corrected chi connectivity index (χ2v) is 6.30. The maximum atomic E-state index is 10.9. The van der Waals surface area contributed by atoms with Crippen molar-refractivity contribution in [3.05, 3.63) is 34.9 Å². The number of carbonyl (C=O) groups excluding carboxylic acids is 3. The molecule has 0 aliphatic rings. The summed E-state index contributed by atoms with van der Waals surface area (Å²) < 4.78 is 14.5. The van der Waals surface area contributed by atoms with Crippen molar-refractivity contribution in [1.29, 1.82) is 0 Å². The van der Waals surface area contributed by atoms with E-state index < -0.39 is 11.3 Å². The minimum absolute atomic E-state index is 0.0415. The van der Waals surface area contributed by atoms with E-state index in [9.17, 15) is 14.4 Å². The minimum atomic E-state index is -0.686. The second-order valence-electron chi connectivity index (χ2n) is 4.10. The Hall–Kier alpha value is -1.10. The van der Waals surface area contributed by atoms with Gasteiger partial charge in [0.25, 0.3) is 0 Å². The summed E-state index contributed by atoms with van der Waals surface area (Å²) in [5.74, 6) is -0.393. The molecule has 0 aliphatic carbocycles. The molecule has 1 aromatic carbocycles. The van der Waals surface area contributed by atoms with E-state index >= 15 is 0 Å². The zero-order valence-corrected chi connectivity index (χ0v) is 16.7. The molecule has 8 heteroatoms. The van der Waals surface area contributed by atoms with Crippen LogP contribution < -0.4 is 0 Å². The molecule has 1 rings (SSSR count). The number of rotatable bonds is 6. The van der Waals surface area contributed by atoms with Gasteiger partial charge in [-0.2, -0.15) is 0 Å². The molecule has 0 N–H and O–H groups in total. The summed E-state index contributed by atoms with van der Waals surface area (Å²) in [5, 5.41) is -0.686. The number of carbonyl (C=O) groups is 3. The number of benzene rings is 1. The van der Waals surface area contributed by atoms with E-state index in [1.54, 1.807) is 18.2 Å². The Morgan fingerprint density at radius 1 is 0.952 bits per heavy atom. The average molecular weight is 502 g/mol. The first-order chi connectivity index (χ1) is 9.86. The summed E-state index contributed by atoms with van der Waals surface area (Å²) in [4.78, 5) is 32.5. The van der Waals surface area contributed by atoms with Crippen molar-refractivity contribution in [3.8, 4) is 0 Å². The molecular formula is C13H13O6STl. The summed E-state index contributed by atoms with van der Waals surface area (Å²) >= 11 is 3.64. The molecule has 0 radical (unpaired) electrons. The Kier molecular flexibility index (Phi) is 7.72. The Balaban J connectivity index is 2.86. The van der Waals surface area contributed by atoms with E-state index in [4.69, 9.17) is 14.2 Å². The van der Waals surface area contributed by atoms with Gasteiger partial charge < -0.3 is 0 Å². The molecule has 0 bridgehead atoms. The van der Waals surface area contributed by atoms with Crippen molar-refractivity contribution in [2.75, 3.05) is 0 Å². The van der Waals surface area contributed by atoms with Crippen LogP contribution in [0.4, 0.5) is 9.59 Å². The Morgan fingerprint density at radius 2 is 1.38 bits per heavy atom. The summed E-state index contributed by atoms with van der Waals surface area (Å²) in [6.45, 7) is 1.59. The second kappa shape index (κ2) is 9.03. The van der Waals surface area contributed by atoms with E-state index in [0.717, 1.165) is 11.1 Å². The fourth-order valence-corrected chi connectivity index (χ4v) is 1.96. The van der Waals surface area contributed by atoms with Crippen LogP contribution in [0.2, 0.25) is 0 Å². The van der Waals surface area contributed by atoms with Crippen LogP contribution in [-0.4, -0.2) is 40.6 Å². The van der Waals surface area contributed by atoms with Crippen molar-refractivity contribution >= 4 is 53.2 Å². The van der Waals surface area contributed by atoms with Gasteiger partial charge in [-0.3, -0.25) is 0 Å². The van der Waals surface area contributed by atoms with Crippen LogP contribution >= 0.6 is 12.6 Å². The summed E-state index contributed by atoms with van der Waals surface area (Å²) in [5.41, 5.74) is 2.16. The summed E-state index contributed by atoms with van der Waals surface area (Å²) in [7, 11) is 0. The topological polar surface area (TPSA) is 78.9 Å². The van der Waals surface area contributed by atoms with Gasteiger partial charge >= 0.3 is 143 Å². The summed E-state index contributed by atoms with van der Waals surface area (Å²) in [6, 6.07) is 5.26. The Labute approximate surface area is 143 Å². The molecule has 0 fully saturated rings. The first kappa shape index (κ1) is 18.0. The molecule has 1 aromatic rings. The molecule has 0 aliphatic heterocycles. The molecule has 0 atom stereocenters. The molecule has 0 amide bonds. The number of ether oxygens (including phenoxy) is 3. The Morgan fingerprint density at radius 3 is 1.76 bits per heavy atom. The van der Waals surface area contributed by atoms with Crippen LogP contribution in [-0.2, 0) is 38.8 Å². The van der Waals surface area contributed by atoms with Gasteiger partial charge in [0.15, 0.2) is 0 Å². The quantitative estimate of drug-likeness (QED) is 0.279. The van der Waals surface area contributed by atoms with Gasteiger partial charge in [0.1, 0.15) is 0 Å². The van der Waals surface area contributed by atoms with Gasteiger partial charge in [0.05, 0.1) is 0 Å². The molecule has 6 nitrogen and oxygen atoms in total. The normalized spacial score (nSPS) is 9.76. The number of esters is 1. The molecule has 21 heavy (non-hydrogen) atoms. The number of thiol groups is 1. The van der Waals surface area contributed by atoms with Crippen LogP contribution in [0.3, 0.4) is 0 Å². The molecule has 110 valence electrons. The zero-order chi connectivity index (χ0) is 15.8. The molecule has 0 heterocycles. The molecular weight excluding hydrogens is 489 g/mol. The fourth-order valence-electron chi connectivity index (χ4n) is 1.57. The van der Waals surface area contributed by atoms with Gasteiger partial charge in [-0.25, -0.2) is 0 Å². The van der Waals surface area contributed by atoms with E-state index in [1.807, 2.05) is 0 Å². The van der Waals surface area contributed by atoms with Crippen LogP contribution in [0, 0.1) is 0 Å². The Bertz CT molecular complexity index is 457. The first-order valence-electron chi connectivity index (χ1n) is 5.90. The van der Waals surface area contributed by atoms with Crippen molar-refractivity contribution in [2.24, 2.45) is 0 Å². The monoisotopic (exact) mass is 502 g/mol. The third kappa shape index (κ3) is 8.05. The van der Waals surface area contributed by atoms with Crippen LogP contribution in [0.25, 0.3) is 0 Å². The molecule has 0 aromatic heterocycles. The van der Waals surface area contributed by atoms with Crippen molar-refractivity contribution in [2.45, 2.75) is 26.7 Å². The predicted molar refractivity (Wildman–Crippen MR) is 77.0 cm³/mol. The molecule has 0 saturated heterocycles. The maximum absolute atomic E-state index is 10.9.